The maximum atomic E-state index is 12.2. The number of carboxylic acids is 1. The lowest BCUT2D eigenvalue weighted by molar-refractivity contribution is -0.173. The Morgan fingerprint density at radius 3 is 2.11 bits per heavy atom. The van der Waals surface area contributed by atoms with Gasteiger partial charge in [-0.2, -0.15) is 0 Å². The van der Waals surface area contributed by atoms with E-state index < -0.39 is 17.4 Å². The zero-order chi connectivity index (χ0) is 13.9. The summed E-state index contributed by atoms with van der Waals surface area (Å²) in [6.07, 6.45) is 8.64. The van der Waals surface area contributed by atoms with Crippen LogP contribution in [0.4, 0.5) is 0 Å². The summed E-state index contributed by atoms with van der Waals surface area (Å²) in [5.74, 6) is -1.18. The number of carbonyl (C=O) groups excluding carboxylic acids is 1. The van der Waals surface area contributed by atoms with Crippen molar-refractivity contribution >= 4 is 11.9 Å². The minimum Gasteiger partial charge on any atom is -0.480 e. The Kier molecular flexibility index (Phi) is 4.48. The third-order valence-electron chi connectivity index (χ3n) is 5.07. The summed E-state index contributed by atoms with van der Waals surface area (Å²) in [4.78, 5) is 24.1. The number of rotatable bonds is 5. The van der Waals surface area contributed by atoms with Gasteiger partial charge in [-0.25, -0.2) is 0 Å². The van der Waals surface area contributed by atoms with Crippen molar-refractivity contribution in [2.75, 3.05) is 7.11 Å². The van der Waals surface area contributed by atoms with Gasteiger partial charge in [-0.15, -0.1) is 0 Å². The first-order chi connectivity index (χ1) is 9.11. The average Bonchev–Trinajstić information content (AvgIpc) is 3.07. The van der Waals surface area contributed by atoms with E-state index >= 15 is 0 Å². The van der Waals surface area contributed by atoms with Crippen LogP contribution in [-0.2, 0) is 14.3 Å². The zero-order valence-corrected chi connectivity index (χ0v) is 11.7. The van der Waals surface area contributed by atoms with E-state index in [0.29, 0.717) is 12.3 Å². The minimum atomic E-state index is -1.29. The van der Waals surface area contributed by atoms with Gasteiger partial charge in [-0.3, -0.25) is 9.59 Å². The number of carboxylic acid groups (broad SMARTS) is 1. The summed E-state index contributed by atoms with van der Waals surface area (Å²) in [6.45, 7) is 0. The van der Waals surface area contributed by atoms with Crippen molar-refractivity contribution in [2.45, 2.75) is 57.8 Å². The molecule has 2 aliphatic carbocycles. The molecule has 0 aromatic rings. The molecule has 108 valence electrons. The van der Waals surface area contributed by atoms with Crippen LogP contribution >= 0.6 is 0 Å². The van der Waals surface area contributed by atoms with E-state index in [2.05, 4.69) is 0 Å². The van der Waals surface area contributed by atoms with Gasteiger partial charge in [0.2, 0.25) is 0 Å². The lowest BCUT2D eigenvalue weighted by Gasteiger charge is -2.34. The van der Waals surface area contributed by atoms with Gasteiger partial charge in [0.1, 0.15) is 0 Å². The zero-order valence-electron chi connectivity index (χ0n) is 11.7. The van der Waals surface area contributed by atoms with E-state index in [4.69, 9.17) is 4.74 Å². The number of esters is 1. The van der Waals surface area contributed by atoms with E-state index in [9.17, 15) is 14.7 Å². The highest BCUT2D eigenvalue weighted by Gasteiger charge is 2.55. The summed E-state index contributed by atoms with van der Waals surface area (Å²) < 4.78 is 4.88. The number of hydrogen-bond donors (Lipinski definition) is 1. The molecule has 0 saturated heterocycles. The number of carbonyl (C=O) groups is 2. The van der Waals surface area contributed by atoms with Crippen LogP contribution in [0.25, 0.3) is 0 Å². The molecule has 0 amide bonds. The molecule has 19 heavy (non-hydrogen) atoms. The Labute approximate surface area is 114 Å². The summed E-state index contributed by atoms with van der Waals surface area (Å²) >= 11 is 0. The topological polar surface area (TPSA) is 63.6 Å². The Morgan fingerprint density at radius 2 is 1.63 bits per heavy atom. The quantitative estimate of drug-likeness (QED) is 0.615. The van der Waals surface area contributed by atoms with E-state index in [1.807, 2.05) is 0 Å². The number of methoxy groups -OCH3 is 1. The van der Waals surface area contributed by atoms with E-state index in [1.54, 1.807) is 0 Å². The van der Waals surface area contributed by atoms with Gasteiger partial charge in [-0.05, 0) is 31.1 Å². The third-order valence-corrected chi connectivity index (χ3v) is 5.07. The molecule has 0 aromatic carbocycles. The molecule has 2 fully saturated rings. The van der Waals surface area contributed by atoms with Gasteiger partial charge in [0, 0.05) is 0 Å². The fraction of sp³-hybridized carbons (Fsp3) is 0.867. The molecule has 1 atom stereocenters. The van der Waals surface area contributed by atoms with Crippen LogP contribution < -0.4 is 0 Å². The highest BCUT2D eigenvalue weighted by Crippen LogP contribution is 2.47. The van der Waals surface area contributed by atoms with Crippen LogP contribution in [0.2, 0.25) is 0 Å². The highest BCUT2D eigenvalue weighted by molar-refractivity contribution is 5.99. The van der Waals surface area contributed by atoms with E-state index in [1.165, 1.54) is 7.11 Å². The molecule has 4 nitrogen and oxygen atoms in total. The van der Waals surface area contributed by atoms with Crippen molar-refractivity contribution in [2.24, 2.45) is 17.3 Å². The Balaban J connectivity index is 2.26. The van der Waals surface area contributed by atoms with Gasteiger partial charge in [0.15, 0.2) is 5.41 Å². The number of ether oxygens (including phenoxy) is 1. The monoisotopic (exact) mass is 268 g/mol. The maximum absolute atomic E-state index is 12.2. The standard InChI is InChI=1S/C15H24O4/c1-19-14(18)15(13(16)17,12-8-4-5-9-12)10-11-6-2-3-7-11/h11-12H,2-10H2,1H3,(H,16,17). The second-order valence-electron chi connectivity index (χ2n) is 6.10. The van der Waals surface area contributed by atoms with E-state index in [0.717, 1.165) is 51.4 Å². The molecule has 0 bridgehead atoms. The molecule has 0 spiro atoms. The predicted octanol–water partition coefficient (Wildman–Crippen LogP) is 3.00. The van der Waals surface area contributed by atoms with Crippen molar-refractivity contribution < 1.29 is 19.4 Å². The van der Waals surface area contributed by atoms with Crippen LogP contribution in [0.5, 0.6) is 0 Å². The Hall–Kier alpha value is -1.06. The van der Waals surface area contributed by atoms with Crippen LogP contribution in [-0.4, -0.2) is 24.2 Å². The molecule has 2 aliphatic rings. The first kappa shape index (κ1) is 14.4. The van der Waals surface area contributed by atoms with Gasteiger partial charge >= 0.3 is 11.9 Å². The lowest BCUT2D eigenvalue weighted by Crippen LogP contribution is -2.47. The van der Waals surface area contributed by atoms with Gasteiger partial charge in [-0.1, -0.05) is 38.5 Å². The largest absolute Gasteiger partial charge is 0.480 e. The molecular formula is C15H24O4. The summed E-state index contributed by atoms with van der Waals surface area (Å²) in [6, 6.07) is 0. The van der Waals surface area contributed by atoms with Crippen molar-refractivity contribution in [3.8, 4) is 0 Å². The molecular weight excluding hydrogens is 244 g/mol. The molecule has 0 heterocycles. The SMILES string of the molecule is COC(=O)C(CC1CCCC1)(C(=O)O)C1CCCC1. The average molecular weight is 268 g/mol. The number of hydrogen-bond acceptors (Lipinski definition) is 3. The molecule has 0 aromatic heterocycles. The van der Waals surface area contributed by atoms with Gasteiger partial charge in [0.25, 0.3) is 0 Å². The fourth-order valence-electron chi connectivity index (χ4n) is 4.04. The molecule has 2 saturated carbocycles. The molecule has 1 unspecified atom stereocenters. The first-order valence-electron chi connectivity index (χ1n) is 7.43. The summed E-state index contributed by atoms with van der Waals surface area (Å²) in [5, 5.41) is 9.75. The third kappa shape index (κ3) is 2.63. The highest BCUT2D eigenvalue weighted by atomic mass is 16.5. The van der Waals surface area contributed by atoms with Crippen LogP contribution in [0, 0.1) is 17.3 Å². The molecule has 4 heteroatoms. The van der Waals surface area contributed by atoms with Crippen molar-refractivity contribution in [1.29, 1.82) is 0 Å². The lowest BCUT2D eigenvalue weighted by atomic mass is 9.68. The fourth-order valence-corrected chi connectivity index (χ4v) is 4.04. The molecule has 2 rings (SSSR count). The van der Waals surface area contributed by atoms with Crippen molar-refractivity contribution in [3.05, 3.63) is 0 Å². The van der Waals surface area contributed by atoms with Crippen LogP contribution in [0.3, 0.4) is 0 Å². The molecule has 1 N–H and O–H groups in total. The maximum Gasteiger partial charge on any atom is 0.323 e. The summed E-state index contributed by atoms with van der Waals surface area (Å²) in [5.41, 5.74) is -1.29. The first-order valence-corrected chi connectivity index (χ1v) is 7.43. The summed E-state index contributed by atoms with van der Waals surface area (Å²) in [7, 11) is 1.31. The molecule has 0 aliphatic heterocycles. The van der Waals surface area contributed by atoms with E-state index in [-0.39, 0.29) is 5.92 Å². The van der Waals surface area contributed by atoms with Crippen LogP contribution in [0.15, 0.2) is 0 Å². The second kappa shape index (κ2) is 5.93. The predicted molar refractivity (Wildman–Crippen MR) is 70.6 cm³/mol. The van der Waals surface area contributed by atoms with Crippen LogP contribution in [0.1, 0.15) is 57.8 Å². The smallest absolute Gasteiger partial charge is 0.323 e. The van der Waals surface area contributed by atoms with Crippen molar-refractivity contribution in [1.82, 2.24) is 0 Å². The minimum absolute atomic E-state index is 0.0435. The normalized spacial score (nSPS) is 24.3. The Bertz CT molecular complexity index is 340. The van der Waals surface area contributed by atoms with Crippen molar-refractivity contribution in [3.63, 3.8) is 0 Å². The number of aliphatic carboxylic acids is 1. The Morgan fingerprint density at radius 1 is 1.11 bits per heavy atom. The second-order valence-corrected chi connectivity index (χ2v) is 6.10. The van der Waals surface area contributed by atoms with Gasteiger partial charge in [0.05, 0.1) is 7.11 Å². The van der Waals surface area contributed by atoms with Gasteiger partial charge < -0.3 is 9.84 Å². The molecule has 0 radical (unpaired) electrons.